The molecule has 0 fully saturated rings. The summed E-state index contributed by atoms with van der Waals surface area (Å²) in [4.78, 5) is 12.5. The molecule has 1 rings (SSSR count). The molecule has 1 atom stereocenters. The second-order valence-corrected chi connectivity index (χ2v) is 5.47. The molecule has 0 aromatic carbocycles. The van der Waals surface area contributed by atoms with Gasteiger partial charge in [0.05, 0.1) is 6.54 Å². The van der Waals surface area contributed by atoms with Gasteiger partial charge >= 0.3 is 0 Å². The van der Waals surface area contributed by atoms with E-state index in [1.807, 2.05) is 37.4 Å². The lowest BCUT2D eigenvalue weighted by atomic mass is 10.1. The summed E-state index contributed by atoms with van der Waals surface area (Å²) in [7, 11) is 0. The Balaban J connectivity index is 2.51. The molecule has 1 aromatic heterocycles. The van der Waals surface area contributed by atoms with E-state index in [1.165, 1.54) is 17.4 Å². The molecule has 1 amide bonds. The van der Waals surface area contributed by atoms with Crippen molar-refractivity contribution in [1.29, 1.82) is 0 Å². The lowest BCUT2D eigenvalue weighted by Gasteiger charge is -2.21. The maximum absolute atomic E-state index is 11.7. The van der Waals surface area contributed by atoms with Gasteiger partial charge in [0.25, 0.3) is 0 Å². The van der Waals surface area contributed by atoms with Crippen molar-refractivity contribution in [2.45, 2.75) is 32.8 Å². The van der Waals surface area contributed by atoms with Crippen LogP contribution in [0.25, 0.3) is 0 Å². The van der Waals surface area contributed by atoms with Crippen molar-refractivity contribution in [3.05, 3.63) is 46.2 Å². The van der Waals surface area contributed by atoms with E-state index >= 15 is 0 Å². The van der Waals surface area contributed by atoms with E-state index in [2.05, 4.69) is 5.32 Å². The van der Waals surface area contributed by atoms with Crippen LogP contribution in [0.1, 0.15) is 32.1 Å². The summed E-state index contributed by atoms with van der Waals surface area (Å²) in [5, 5.41) is 14.9. The van der Waals surface area contributed by atoms with E-state index in [4.69, 9.17) is 0 Å². The summed E-state index contributed by atoms with van der Waals surface area (Å²) < 4.78 is 0. The topological polar surface area (TPSA) is 49.3 Å². The number of thiophene rings is 1. The van der Waals surface area contributed by atoms with E-state index in [1.54, 1.807) is 13.0 Å². The fourth-order valence-electron chi connectivity index (χ4n) is 1.59. The van der Waals surface area contributed by atoms with E-state index in [0.29, 0.717) is 0 Å². The molecule has 0 radical (unpaired) electrons. The van der Waals surface area contributed by atoms with Crippen molar-refractivity contribution in [3.63, 3.8) is 0 Å². The van der Waals surface area contributed by atoms with Crippen molar-refractivity contribution in [3.8, 4) is 0 Å². The van der Waals surface area contributed by atoms with Gasteiger partial charge in [-0.05, 0) is 31.7 Å². The first-order valence-corrected chi connectivity index (χ1v) is 7.25. The van der Waals surface area contributed by atoms with Crippen LogP contribution in [0.4, 0.5) is 0 Å². The summed E-state index contributed by atoms with van der Waals surface area (Å²) in [6.45, 7) is 5.89. The lowest BCUT2D eigenvalue weighted by molar-refractivity contribution is -0.117. The molecule has 1 heterocycles. The minimum Gasteiger partial charge on any atom is -0.383 e. The van der Waals surface area contributed by atoms with Crippen molar-refractivity contribution in [1.82, 2.24) is 5.32 Å². The van der Waals surface area contributed by atoms with Gasteiger partial charge in [-0.2, -0.15) is 0 Å². The molecule has 0 bridgehead atoms. The Morgan fingerprint density at radius 2 is 2.26 bits per heavy atom. The van der Waals surface area contributed by atoms with Gasteiger partial charge in [0.2, 0.25) is 5.91 Å². The molecule has 19 heavy (non-hydrogen) atoms. The molecule has 0 spiro atoms. The molecule has 0 aliphatic carbocycles. The van der Waals surface area contributed by atoms with E-state index in [-0.39, 0.29) is 12.5 Å². The number of rotatable bonds is 6. The number of aliphatic hydroxyl groups is 1. The molecule has 104 valence electrons. The average Bonchev–Trinajstić information content (AvgIpc) is 2.92. The first-order valence-electron chi connectivity index (χ1n) is 6.37. The second kappa shape index (κ2) is 7.26. The number of allylic oxidation sites excluding steroid dienone is 3. The Morgan fingerprint density at radius 1 is 1.53 bits per heavy atom. The van der Waals surface area contributed by atoms with Crippen LogP contribution in [0.5, 0.6) is 0 Å². The highest BCUT2D eigenvalue weighted by atomic mass is 32.1. The normalized spacial score (nSPS) is 15.5. The zero-order valence-electron chi connectivity index (χ0n) is 11.6. The van der Waals surface area contributed by atoms with Crippen LogP contribution in [-0.4, -0.2) is 17.6 Å². The van der Waals surface area contributed by atoms with Gasteiger partial charge in [0, 0.05) is 11.0 Å². The predicted molar refractivity (Wildman–Crippen MR) is 80.1 cm³/mol. The number of carbonyl (C=O) groups excluding carboxylic acids is 1. The van der Waals surface area contributed by atoms with Crippen molar-refractivity contribution in [2.75, 3.05) is 6.54 Å². The SMILES string of the molecule is CC=C(C=CC(=O)NCC(C)(O)c1cccs1)CC. The Kier molecular flexibility index (Phi) is 5.99. The highest BCUT2D eigenvalue weighted by Gasteiger charge is 2.24. The molecular formula is C15H21NO2S. The minimum absolute atomic E-state index is 0.190. The second-order valence-electron chi connectivity index (χ2n) is 4.52. The molecule has 1 aromatic rings. The van der Waals surface area contributed by atoms with E-state index < -0.39 is 5.60 Å². The Hall–Kier alpha value is -1.39. The van der Waals surface area contributed by atoms with Crippen LogP contribution >= 0.6 is 11.3 Å². The third kappa shape index (κ3) is 5.01. The van der Waals surface area contributed by atoms with Crippen LogP contribution in [0.3, 0.4) is 0 Å². The van der Waals surface area contributed by atoms with Crippen molar-refractivity contribution in [2.24, 2.45) is 0 Å². The maximum Gasteiger partial charge on any atom is 0.244 e. The largest absolute Gasteiger partial charge is 0.383 e. The fraction of sp³-hybridized carbons (Fsp3) is 0.400. The molecule has 3 nitrogen and oxygen atoms in total. The van der Waals surface area contributed by atoms with Crippen LogP contribution < -0.4 is 5.32 Å². The van der Waals surface area contributed by atoms with Crippen molar-refractivity contribution >= 4 is 17.2 Å². The molecule has 0 saturated heterocycles. The standard InChI is InChI=1S/C15H21NO2S/c1-4-12(5-2)8-9-14(17)16-11-15(3,18)13-7-6-10-19-13/h4,6-10,18H,5,11H2,1-3H3,(H,16,17). The highest BCUT2D eigenvalue weighted by molar-refractivity contribution is 7.10. The van der Waals surface area contributed by atoms with Gasteiger partial charge in [0.15, 0.2) is 0 Å². The first-order chi connectivity index (χ1) is 8.99. The number of hydrogen-bond acceptors (Lipinski definition) is 3. The van der Waals surface area contributed by atoms with Crippen LogP contribution in [0, 0.1) is 0 Å². The van der Waals surface area contributed by atoms with Gasteiger partial charge in [-0.1, -0.05) is 30.7 Å². The molecule has 0 saturated carbocycles. The van der Waals surface area contributed by atoms with Crippen LogP contribution in [-0.2, 0) is 10.4 Å². The van der Waals surface area contributed by atoms with Crippen LogP contribution in [0.15, 0.2) is 41.3 Å². The lowest BCUT2D eigenvalue weighted by Crippen LogP contribution is -2.37. The van der Waals surface area contributed by atoms with Gasteiger partial charge in [-0.15, -0.1) is 11.3 Å². The molecule has 4 heteroatoms. The van der Waals surface area contributed by atoms with Gasteiger partial charge in [-0.25, -0.2) is 0 Å². The smallest absolute Gasteiger partial charge is 0.244 e. The zero-order valence-corrected chi connectivity index (χ0v) is 12.5. The average molecular weight is 279 g/mol. The van der Waals surface area contributed by atoms with Crippen molar-refractivity contribution < 1.29 is 9.90 Å². The quantitative estimate of drug-likeness (QED) is 0.621. The van der Waals surface area contributed by atoms with Gasteiger partial charge in [-0.3, -0.25) is 4.79 Å². The molecular weight excluding hydrogens is 258 g/mol. The van der Waals surface area contributed by atoms with E-state index in [9.17, 15) is 9.90 Å². The Labute approximate surface area is 118 Å². The fourth-order valence-corrected chi connectivity index (χ4v) is 2.38. The number of carbonyl (C=O) groups is 1. The number of nitrogens with one attached hydrogen (secondary N) is 1. The minimum atomic E-state index is -1.02. The van der Waals surface area contributed by atoms with Gasteiger partial charge < -0.3 is 10.4 Å². The Bertz CT molecular complexity index is 458. The monoisotopic (exact) mass is 279 g/mol. The summed E-state index contributed by atoms with van der Waals surface area (Å²) in [5.74, 6) is -0.190. The van der Waals surface area contributed by atoms with Gasteiger partial charge in [0.1, 0.15) is 5.60 Å². The highest BCUT2D eigenvalue weighted by Crippen LogP contribution is 2.24. The summed E-state index contributed by atoms with van der Waals surface area (Å²) >= 11 is 1.48. The molecule has 0 aliphatic rings. The zero-order chi connectivity index (χ0) is 14.3. The third-order valence-electron chi connectivity index (χ3n) is 2.89. The summed E-state index contributed by atoms with van der Waals surface area (Å²) in [6, 6.07) is 3.75. The summed E-state index contributed by atoms with van der Waals surface area (Å²) in [5.41, 5.74) is 0.0893. The Morgan fingerprint density at radius 3 is 2.79 bits per heavy atom. The number of hydrogen-bond donors (Lipinski definition) is 2. The van der Waals surface area contributed by atoms with E-state index in [0.717, 1.165) is 16.9 Å². The summed E-state index contributed by atoms with van der Waals surface area (Å²) in [6.07, 6.45) is 6.18. The maximum atomic E-state index is 11.7. The third-order valence-corrected chi connectivity index (χ3v) is 4.01. The first kappa shape index (κ1) is 15.7. The molecule has 1 unspecified atom stereocenters. The number of amides is 1. The molecule has 0 aliphatic heterocycles. The molecule has 2 N–H and O–H groups in total. The van der Waals surface area contributed by atoms with Crippen LogP contribution in [0.2, 0.25) is 0 Å². The predicted octanol–water partition coefficient (Wildman–Crippen LogP) is 2.98.